The van der Waals surface area contributed by atoms with Gasteiger partial charge >= 0.3 is 0 Å². The first-order chi connectivity index (χ1) is 13.2. The zero-order chi connectivity index (χ0) is 18.6. The molecule has 0 N–H and O–H groups in total. The third kappa shape index (κ3) is 4.45. The van der Waals surface area contributed by atoms with Gasteiger partial charge in [-0.05, 0) is 54.5 Å². The maximum Gasteiger partial charge on any atom is 0.0991 e. The first kappa shape index (κ1) is 18.7. The Bertz CT molecular complexity index is 886. The fourth-order valence-corrected chi connectivity index (χ4v) is 6.87. The van der Waals surface area contributed by atoms with Crippen LogP contribution in [0.4, 0.5) is 0 Å². The van der Waals surface area contributed by atoms with Crippen molar-refractivity contribution >= 4 is 32.1 Å². The number of aryl methyl sites for hydroxylation is 1. The summed E-state index contributed by atoms with van der Waals surface area (Å²) >= 11 is 3.86. The number of thiophene rings is 2. The molecule has 0 unspecified atom stereocenters. The van der Waals surface area contributed by atoms with Gasteiger partial charge in [-0.3, -0.25) is 0 Å². The normalized spacial score (nSPS) is 20.0. The molecule has 2 aromatic heterocycles. The van der Waals surface area contributed by atoms with Gasteiger partial charge in [-0.2, -0.15) is 5.26 Å². The van der Waals surface area contributed by atoms with Crippen LogP contribution in [0, 0.1) is 23.2 Å². The second-order valence-corrected chi connectivity index (χ2v) is 10.2. The van der Waals surface area contributed by atoms with Crippen molar-refractivity contribution < 1.29 is 0 Å². The molecule has 0 saturated heterocycles. The molecule has 1 fully saturated rings. The molecule has 27 heavy (non-hydrogen) atoms. The van der Waals surface area contributed by atoms with Gasteiger partial charge < -0.3 is 0 Å². The average molecular weight is 394 g/mol. The lowest BCUT2D eigenvalue weighted by Crippen LogP contribution is -2.14. The van der Waals surface area contributed by atoms with Crippen LogP contribution in [0.25, 0.3) is 19.8 Å². The SMILES string of the molecule is CCCC1CCC(CCc2cc3sc(-c4ccc(C#N)cc4)cc3s2)CC1. The molecule has 0 spiro atoms. The first-order valence-corrected chi connectivity index (χ1v) is 11.9. The summed E-state index contributed by atoms with van der Waals surface area (Å²) in [5.41, 5.74) is 1.94. The second kappa shape index (κ2) is 8.59. The Labute approximate surface area is 170 Å². The summed E-state index contributed by atoms with van der Waals surface area (Å²) < 4.78 is 2.84. The van der Waals surface area contributed by atoms with Crippen LogP contribution >= 0.6 is 22.7 Å². The summed E-state index contributed by atoms with van der Waals surface area (Å²) in [6.45, 7) is 2.32. The van der Waals surface area contributed by atoms with E-state index in [0.717, 1.165) is 17.4 Å². The maximum atomic E-state index is 8.95. The lowest BCUT2D eigenvalue weighted by molar-refractivity contribution is 0.252. The van der Waals surface area contributed by atoms with E-state index in [1.54, 1.807) is 4.88 Å². The molecule has 0 bridgehead atoms. The van der Waals surface area contributed by atoms with Gasteiger partial charge in [0.25, 0.3) is 0 Å². The molecular weight excluding hydrogens is 366 g/mol. The van der Waals surface area contributed by atoms with Gasteiger partial charge in [0.15, 0.2) is 0 Å². The quantitative estimate of drug-likeness (QED) is 0.415. The fraction of sp³-hybridized carbons (Fsp3) is 0.458. The average Bonchev–Trinajstić information content (AvgIpc) is 3.27. The van der Waals surface area contributed by atoms with Crippen molar-refractivity contribution in [2.24, 2.45) is 11.8 Å². The molecule has 1 nitrogen and oxygen atoms in total. The molecule has 0 atom stereocenters. The highest BCUT2D eigenvalue weighted by atomic mass is 32.1. The van der Waals surface area contributed by atoms with Crippen molar-refractivity contribution in [2.75, 3.05) is 0 Å². The molecule has 2 heterocycles. The van der Waals surface area contributed by atoms with Crippen LogP contribution in [0.3, 0.4) is 0 Å². The highest BCUT2D eigenvalue weighted by Crippen LogP contribution is 2.40. The van der Waals surface area contributed by atoms with E-state index in [0.29, 0.717) is 0 Å². The Hall–Kier alpha value is -1.63. The smallest absolute Gasteiger partial charge is 0.0991 e. The molecule has 3 aromatic rings. The van der Waals surface area contributed by atoms with Crippen molar-refractivity contribution in [1.82, 2.24) is 0 Å². The minimum absolute atomic E-state index is 0.725. The summed E-state index contributed by atoms with van der Waals surface area (Å²) in [6.07, 6.45) is 11.2. The Morgan fingerprint density at radius 2 is 1.59 bits per heavy atom. The van der Waals surface area contributed by atoms with Crippen molar-refractivity contribution in [3.05, 3.63) is 46.8 Å². The topological polar surface area (TPSA) is 23.8 Å². The largest absolute Gasteiger partial charge is 0.192 e. The number of nitrogens with zero attached hydrogens (tertiary/aromatic N) is 1. The van der Waals surface area contributed by atoms with E-state index in [1.807, 2.05) is 34.8 Å². The molecule has 3 heteroatoms. The molecular formula is C24H27NS2. The predicted octanol–water partition coefficient (Wildman–Crippen LogP) is 8.04. The van der Waals surface area contributed by atoms with E-state index in [9.17, 15) is 0 Å². The monoisotopic (exact) mass is 393 g/mol. The van der Waals surface area contributed by atoms with Gasteiger partial charge in [-0.15, -0.1) is 22.7 Å². The molecule has 1 aliphatic carbocycles. The van der Waals surface area contributed by atoms with Gasteiger partial charge in [0, 0.05) is 19.2 Å². The molecule has 0 radical (unpaired) electrons. The molecule has 0 aliphatic heterocycles. The van der Waals surface area contributed by atoms with Gasteiger partial charge in [0.05, 0.1) is 11.6 Å². The Morgan fingerprint density at radius 3 is 2.22 bits per heavy atom. The molecule has 4 rings (SSSR count). The van der Waals surface area contributed by atoms with Gasteiger partial charge in [-0.25, -0.2) is 0 Å². The van der Waals surface area contributed by atoms with Crippen LogP contribution in [0.1, 0.15) is 62.3 Å². The van der Waals surface area contributed by atoms with Gasteiger partial charge in [0.1, 0.15) is 0 Å². The fourth-order valence-electron chi connectivity index (χ4n) is 4.42. The second-order valence-electron chi connectivity index (χ2n) is 7.96. The van der Waals surface area contributed by atoms with Crippen molar-refractivity contribution in [1.29, 1.82) is 5.26 Å². The molecule has 140 valence electrons. The highest BCUT2D eigenvalue weighted by Gasteiger charge is 2.20. The Balaban J connectivity index is 1.36. The number of hydrogen-bond donors (Lipinski definition) is 0. The van der Waals surface area contributed by atoms with Gasteiger partial charge in [0.2, 0.25) is 0 Å². The summed E-state index contributed by atoms with van der Waals surface area (Å²) in [5, 5.41) is 8.95. The van der Waals surface area contributed by atoms with E-state index in [2.05, 4.69) is 37.3 Å². The number of nitriles is 1. The van der Waals surface area contributed by atoms with Crippen molar-refractivity contribution in [2.45, 2.75) is 58.3 Å². The van der Waals surface area contributed by atoms with Crippen LogP contribution in [0.15, 0.2) is 36.4 Å². The Morgan fingerprint density at radius 1 is 0.926 bits per heavy atom. The van der Waals surface area contributed by atoms with E-state index < -0.39 is 0 Å². The van der Waals surface area contributed by atoms with Crippen LogP contribution in [-0.2, 0) is 6.42 Å². The lowest BCUT2D eigenvalue weighted by Gasteiger charge is -2.28. The molecule has 1 aromatic carbocycles. The first-order valence-electron chi connectivity index (χ1n) is 10.3. The number of hydrogen-bond acceptors (Lipinski definition) is 3. The zero-order valence-corrected chi connectivity index (χ0v) is 17.7. The zero-order valence-electron chi connectivity index (χ0n) is 16.0. The highest BCUT2D eigenvalue weighted by molar-refractivity contribution is 7.29. The number of rotatable bonds is 6. The van der Waals surface area contributed by atoms with Crippen molar-refractivity contribution in [3.63, 3.8) is 0 Å². The van der Waals surface area contributed by atoms with Crippen LogP contribution < -0.4 is 0 Å². The minimum Gasteiger partial charge on any atom is -0.192 e. The molecule has 0 amide bonds. The third-order valence-electron chi connectivity index (χ3n) is 6.02. The summed E-state index contributed by atoms with van der Waals surface area (Å²) in [6, 6.07) is 14.9. The number of fused-ring (bicyclic) bond motifs is 1. The standard InChI is InChI=1S/C24H27NS2/c1-2-3-17-4-6-18(7-5-17)10-13-21-14-23-24(26-21)15-22(27-23)20-11-8-19(16-25)9-12-20/h8-9,11-12,14-15,17-18H,2-7,10,13H2,1H3. The van der Waals surface area contributed by atoms with E-state index in [-0.39, 0.29) is 0 Å². The number of benzene rings is 1. The molecule has 1 saturated carbocycles. The third-order valence-corrected chi connectivity index (χ3v) is 8.42. The summed E-state index contributed by atoms with van der Waals surface area (Å²) in [5.74, 6) is 1.96. The van der Waals surface area contributed by atoms with Crippen LogP contribution in [-0.4, -0.2) is 0 Å². The van der Waals surface area contributed by atoms with E-state index in [1.165, 1.54) is 71.2 Å². The minimum atomic E-state index is 0.725. The van der Waals surface area contributed by atoms with E-state index in [4.69, 9.17) is 5.26 Å². The molecule has 1 aliphatic rings. The van der Waals surface area contributed by atoms with Gasteiger partial charge in [-0.1, -0.05) is 57.6 Å². The van der Waals surface area contributed by atoms with Crippen LogP contribution in [0.2, 0.25) is 0 Å². The van der Waals surface area contributed by atoms with E-state index >= 15 is 0 Å². The summed E-state index contributed by atoms with van der Waals surface area (Å²) in [7, 11) is 0. The maximum absolute atomic E-state index is 8.95. The van der Waals surface area contributed by atoms with Crippen LogP contribution in [0.5, 0.6) is 0 Å². The predicted molar refractivity (Wildman–Crippen MR) is 119 cm³/mol. The Kier molecular flexibility index (Phi) is 5.95. The lowest BCUT2D eigenvalue weighted by atomic mass is 9.78. The summed E-state index contributed by atoms with van der Waals surface area (Å²) in [4.78, 5) is 2.86. The van der Waals surface area contributed by atoms with Crippen molar-refractivity contribution in [3.8, 4) is 16.5 Å².